The van der Waals surface area contributed by atoms with Crippen molar-refractivity contribution in [1.82, 2.24) is 35.2 Å². The van der Waals surface area contributed by atoms with E-state index in [4.69, 9.17) is 4.74 Å². The van der Waals surface area contributed by atoms with E-state index in [0.717, 1.165) is 0 Å². The zero-order chi connectivity index (χ0) is 46.1. The van der Waals surface area contributed by atoms with Crippen LogP contribution in [0.4, 0.5) is 10.5 Å². The topological polar surface area (TPSA) is 237 Å². The molecular formula is C47H48N8O10. The first-order chi connectivity index (χ1) is 31.2. The normalized spacial score (nSPS) is 16.4. The lowest BCUT2D eigenvalue weighted by Crippen LogP contribution is -2.52. The van der Waals surface area contributed by atoms with E-state index >= 15 is 0 Å². The summed E-state index contributed by atoms with van der Waals surface area (Å²) in [4.78, 5) is 81.4. The molecule has 0 bridgehead atoms. The van der Waals surface area contributed by atoms with Crippen LogP contribution in [0.5, 0.6) is 23.0 Å². The first-order valence-corrected chi connectivity index (χ1v) is 21.5. The SMILES string of the molecule is CCNC(=O)c1nnc(-c2cc(C(C)C)c(O)cc2O)n1-c1ccc(Oc2ccc(C(=O)N3CCC(CN(C(=O)O)c4cccc5c4CN(C4CCC(=O)NC4=O)C5=O)CC3)cc2)cc1. The van der Waals surface area contributed by atoms with Crippen LogP contribution in [0, 0.1) is 5.92 Å². The zero-order valence-corrected chi connectivity index (χ0v) is 36.0. The van der Waals surface area contributed by atoms with Crippen LogP contribution in [0.15, 0.2) is 78.9 Å². The number of aromatic hydroxyl groups is 2. The van der Waals surface area contributed by atoms with Crippen LogP contribution in [0.2, 0.25) is 0 Å². The quantitative estimate of drug-likeness (QED) is 0.0934. The molecule has 336 valence electrons. The number of carbonyl (C=O) groups excluding carboxylic acids is 5. The number of ether oxygens (including phenoxy) is 1. The average molecular weight is 885 g/mol. The number of rotatable bonds is 12. The van der Waals surface area contributed by atoms with Crippen molar-refractivity contribution in [3.8, 4) is 40.1 Å². The molecule has 4 heterocycles. The lowest BCUT2D eigenvalue weighted by atomic mass is 9.95. The average Bonchev–Trinajstić information content (AvgIpc) is 3.87. The van der Waals surface area contributed by atoms with Gasteiger partial charge in [-0.1, -0.05) is 19.9 Å². The Morgan fingerprint density at radius 1 is 0.892 bits per heavy atom. The lowest BCUT2D eigenvalue weighted by molar-refractivity contribution is -0.136. The number of hydrogen-bond acceptors (Lipinski definition) is 11. The Balaban J connectivity index is 0.901. The van der Waals surface area contributed by atoms with Gasteiger partial charge < -0.3 is 35.2 Å². The minimum Gasteiger partial charge on any atom is -0.508 e. The van der Waals surface area contributed by atoms with Gasteiger partial charge in [-0.2, -0.15) is 0 Å². The number of nitrogens with one attached hydrogen (secondary N) is 2. The Morgan fingerprint density at radius 2 is 1.58 bits per heavy atom. The highest BCUT2D eigenvalue weighted by molar-refractivity contribution is 6.06. The van der Waals surface area contributed by atoms with Crippen LogP contribution in [0.25, 0.3) is 17.1 Å². The number of nitrogens with zero attached hydrogens (tertiary/aromatic N) is 6. The van der Waals surface area contributed by atoms with Crippen molar-refractivity contribution in [3.05, 3.63) is 107 Å². The number of imide groups is 1. The summed E-state index contributed by atoms with van der Waals surface area (Å²) < 4.78 is 7.63. The molecule has 2 fully saturated rings. The van der Waals surface area contributed by atoms with Gasteiger partial charge in [0.05, 0.1) is 11.3 Å². The van der Waals surface area contributed by atoms with Crippen LogP contribution in [-0.4, -0.2) is 108 Å². The lowest BCUT2D eigenvalue weighted by Gasteiger charge is -2.34. The van der Waals surface area contributed by atoms with E-state index in [9.17, 15) is 44.1 Å². The van der Waals surface area contributed by atoms with Gasteiger partial charge in [-0.05, 0) is 110 Å². The van der Waals surface area contributed by atoms with Crippen molar-refractivity contribution in [2.75, 3.05) is 31.1 Å². The van der Waals surface area contributed by atoms with Crippen LogP contribution in [0.1, 0.15) is 94.8 Å². The maximum atomic E-state index is 13.6. The number of likely N-dealkylation sites (tertiary alicyclic amines) is 1. The number of amides is 6. The second-order valence-corrected chi connectivity index (χ2v) is 16.6. The van der Waals surface area contributed by atoms with Gasteiger partial charge in [0.2, 0.25) is 17.6 Å². The van der Waals surface area contributed by atoms with Gasteiger partial charge in [0.15, 0.2) is 5.82 Å². The standard InChI is InChI=1S/C47H48N8O10/c1-4-48-44(60)42-51-50-41(34-22-33(26(2)3)38(56)23-39(34)57)55(42)29-10-14-31(15-11-29)65-30-12-8-28(9-13-30)45(61)52-20-18-27(19-21-52)24-54(47(63)64)36-7-5-6-32-35(36)25-53(46(32)62)37-16-17-40(58)49-43(37)59/h5-15,22-23,26-27,37,56-57H,4,16-21,24-25H2,1-3H3,(H,48,60)(H,63,64)(H,49,58,59). The summed E-state index contributed by atoms with van der Waals surface area (Å²) in [5, 5.41) is 45.1. The van der Waals surface area contributed by atoms with E-state index in [1.165, 1.54) is 20.4 Å². The number of phenols is 2. The van der Waals surface area contributed by atoms with Crippen molar-refractivity contribution in [2.45, 2.75) is 65.0 Å². The van der Waals surface area contributed by atoms with Crippen LogP contribution in [-0.2, 0) is 16.1 Å². The van der Waals surface area contributed by atoms with Crippen molar-refractivity contribution in [3.63, 3.8) is 0 Å². The summed E-state index contributed by atoms with van der Waals surface area (Å²) in [5.41, 5.74) is 3.06. The summed E-state index contributed by atoms with van der Waals surface area (Å²) in [6.45, 7) is 6.98. The highest BCUT2D eigenvalue weighted by Gasteiger charge is 2.41. The minimum atomic E-state index is -1.18. The van der Waals surface area contributed by atoms with Crippen molar-refractivity contribution < 1.29 is 48.8 Å². The molecule has 0 radical (unpaired) electrons. The minimum absolute atomic E-state index is 0.00351. The van der Waals surface area contributed by atoms with Crippen LogP contribution in [0.3, 0.4) is 0 Å². The summed E-state index contributed by atoms with van der Waals surface area (Å²) in [6.07, 6.45) is 0.240. The fraction of sp³-hybridized carbons (Fsp3) is 0.319. The van der Waals surface area contributed by atoms with Crippen LogP contribution >= 0.6 is 0 Å². The van der Waals surface area contributed by atoms with E-state index in [1.807, 2.05) is 13.8 Å². The van der Waals surface area contributed by atoms with Crippen molar-refractivity contribution in [1.29, 1.82) is 0 Å². The number of phenolic OH excluding ortho intramolecular Hbond substituents is 2. The molecule has 1 atom stereocenters. The Morgan fingerprint density at radius 3 is 2.23 bits per heavy atom. The second kappa shape index (κ2) is 18.1. The second-order valence-electron chi connectivity index (χ2n) is 16.6. The fourth-order valence-electron chi connectivity index (χ4n) is 8.65. The Hall–Kier alpha value is -7.76. The summed E-state index contributed by atoms with van der Waals surface area (Å²) in [6, 6.07) is 20.5. The summed E-state index contributed by atoms with van der Waals surface area (Å²) in [7, 11) is 0. The molecule has 0 saturated carbocycles. The predicted molar refractivity (Wildman–Crippen MR) is 235 cm³/mol. The largest absolute Gasteiger partial charge is 0.508 e. The number of piperidine rings is 2. The Bertz CT molecular complexity index is 2690. The molecule has 5 aromatic rings. The molecule has 3 aliphatic heterocycles. The smallest absolute Gasteiger partial charge is 0.411 e. The van der Waals surface area contributed by atoms with Crippen molar-refractivity contribution >= 4 is 41.3 Å². The zero-order valence-electron chi connectivity index (χ0n) is 36.0. The van der Waals surface area contributed by atoms with Gasteiger partial charge in [-0.3, -0.25) is 38.8 Å². The molecule has 3 aliphatic rings. The molecule has 1 aromatic heterocycles. The van der Waals surface area contributed by atoms with E-state index in [0.29, 0.717) is 77.6 Å². The van der Waals surface area contributed by atoms with Gasteiger partial charge in [-0.25, -0.2) is 4.79 Å². The third kappa shape index (κ3) is 8.78. The molecule has 8 rings (SSSR count). The number of aromatic nitrogens is 3. The molecule has 18 heteroatoms. The molecule has 6 amide bonds. The van der Waals surface area contributed by atoms with E-state index in [1.54, 1.807) is 84.6 Å². The molecule has 18 nitrogen and oxygen atoms in total. The van der Waals surface area contributed by atoms with Gasteiger partial charge >= 0.3 is 6.09 Å². The van der Waals surface area contributed by atoms with Crippen molar-refractivity contribution in [2.24, 2.45) is 5.92 Å². The first kappa shape index (κ1) is 43.9. The molecule has 2 saturated heterocycles. The maximum Gasteiger partial charge on any atom is 0.411 e. The number of anilines is 1. The molecule has 0 spiro atoms. The van der Waals surface area contributed by atoms with E-state index < -0.39 is 29.9 Å². The molecule has 4 aromatic carbocycles. The number of hydrogen-bond donors (Lipinski definition) is 5. The maximum absolute atomic E-state index is 13.6. The Kier molecular flexibility index (Phi) is 12.2. The molecule has 1 unspecified atom stereocenters. The monoisotopic (exact) mass is 884 g/mol. The third-order valence-electron chi connectivity index (χ3n) is 12.1. The number of carboxylic acid groups (broad SMARTS) is 1. The molecule has 5 N–H and O–H groups in total. The third-order valence-corrected chi connectivity index (χ3v) is 12.1. The van der Waals surface area contributed by atoms with Gasteiger partial charge in [-0.15, -0.1) is 10.2 Å². The van der Waals surface area contributed by atoms with Crippen LogP contribution < -0.4 is 20.3 Å². The molecule has 65 heavy (non-hydrogen) atoms. The van der Waals surface area contributed by atoms with Gasteiger partial charge in [0, 0.05) is 67.6 Å². The summed E-state index contributed by atoms with van der Waals surface area (Å²) >= 11 is 0. The number of fused-ring (bicyclic) bond motifs is 1. The molecule has 0 aliphatic carbocycles. The van der Waals surface area contributed by atoms with Gasteiger partial charge in [0.1, 0.15) is 29.0 Å². The van der Waals surface area contributed by atoms with Gasteiger partial charge in [0.25, 0.3) is 17.7 Å². The predicted octanol–water partition coefficient (Wildman–Crippen LogP) is 5.81. The van der Waals surface area contributed by atoms with E-state index in [2.05, 4.69) is 20.8 Å². The highest BCUT2D eigenvalue weighted by Crippen LogP contribution is 2.39. The first-order valence-electron chi connectivity index (χ1n) is 21.5. The van der Waals surface area contributed by atoms with E-state index in [-0.39, 0.29) is 78.3 Å². The fourth-order valence-corrected chi connectivity index (χ4v) is 8.65. The highest BCUT2D eigenvalue weighted by atomic mass is 16.5. The molecular weight excluding hydrogens is 837 g/mol. The number of benzene rings is 4. The number of carbonyl (C=O) groups is 6. The summed E-state index contributed by atoms with van der Waals surface area (Å²) in [5.74, 6) is -1.24. The Labute approximate surface area is 373 Å².